The lowest BCUT2D eigenvalue weighted by Crippen LogP contribution is -2.41. The number of benzene rings is 1. The van der Waals surface area contributed by atoms with Gasteiger partial charge < -0.3 is 14.8 Å². The fourth-order valence-electron chi connectivity index (χ4n) is 2.51. The van der Waals surface area contributed by atoms with E-state index in [9.17, 15) is 0 Å². The molecule has 0 aliphatic rings. The van der Waals surface area contributed by atoms with Gasteiger partial charge in [0.05, 0.1) is 14.2 Å². The minimum atomic E-state index is 0.270. The van der Waals surface area contributed by atoms with Crippen LogP contribution in [-0.4, -0.2) is 26.8 Å². The smallest absolute Gasteiger partial charge is 0.160 e. The van der Waals surface area contributed by atoms with Crippen LogP contribution in [0.1, 0.15) is 46.1 Å². The van der Waals surface area contributed by atoms with Gasteiger partial charge in [0.1, 0.15) is 0 Å². The molecule has 1 aromatic carbocycles. The Hall–Kier alpha value is -1.22. The van der Waals surface area contributed by atoms with E-state index in [1.807, 2.05) is 6.07 Å². The van der Waals surface area contributed by atoms with Crippen LogP contribution in [0.2, 0.25) is 0 Å². The van der Waals surface area contributed by atoms with Crippen molar-refractivity contribution in [3.63, 3.8) is 0 Å². The largest absolute Gasteiger partial charge is 0.493 e. The Bertz CT molecular complexity index is 424. The molecule has 0 aliphatic heterocycles. The van der Waals surface area contributed by atoms with E-state index in [-0.39, 0.29) is 5.41 Å². The molecule has 1 unspecified atom stereocenters. The lowest BCUT2D eigenvalue weighted by Gasteiger charge is -2.32. The summed E-state index contributed by atoms with van der Waals surface area (Å²) in [7, 11) is 3.35. The zero-order chi connectivity index (χ0) is 15.9. The normalized spacial score (nSPS) is 13.0. The minimum absolute atomic E-state index is 0.270. The number of ether oxygens (including phenoxy) is 2. The third kappa shape index (κ3) is 5.58. The molecule has 3 heteroatoms. The van der Waals surface area contributed by atoms with E-state index in [4.69, 9.17) is 9.47 Å². The van der Waals surface area contributed by atoms with Gasteiger partial charge in [-0.1, -0.05) is 33.8 Å². The fourth-order valence-corrected chi connectivity index (χ4v) is 2.51. The van der Waals surface area contributed by atoms with E-state index in [0.717, 1.165) is 30.9 Å². The first-order valence-corrected chi connectivity index (χ1v) is 7.86. The summed E-state index contributed by atoms with van der Waals surface area (Å²) in [5.41, 5.74) is 1.56. The summed E-state index contributed by atoms with van der Waals surface area (Å²) in [4.78, 5) is 0. The number of hydrogen-bond donors (Lipinski definition) is 1. The van der Waals surface area contributed by atoms with E-state index in [1.165, 1.54) is 12.0 Å². The van der Waals surface area contributed by atoms with Crippen molar-refractivity contribution in [2.24, 2.45) is 5.41 Å². The van der Waals surface area contributed by atoms with Crippen molar-refractivity contribution in [1.82, 2.24) is 5.32 Å². The molecule has 0 amide bonds. The number of methoxy groups -OCH3 is 2. The maximum atomic E-state index is 5.38. The van der Waals surface area contributed by atoms with Gasteiger partial charge in [-0.25, -0.2) is 0 Å². The van der Waals surface area contributed by atoms with Crippen molar-refractivity contribution in [3.8, 4) is 11.5 Å². The molecule has 1 atom stereocenters. The molecule has 0 fully saturated rings. The van der Waals surface area contributed by atoms with Gasteiger partial charge in [-0.3, -0.25) is 0 Å². The summed E-state index contributed by atoms with van der Waals surface area (Å²) in [6.07, 6.45) is 3.33. The van der Waals surface area contributed by atoms with Crippen molar-refractivity contribution in [1.29, 1.82) is 0 Å². The molecule has 0 aliphatic carbocycles. The standard InChI is InChI=1S/C18H31NO2/c1-7-12-19-17(18(2,3)4)11-9-14-8-10-15(20-5)16(13-14)21-6/h8,10,13,17,19H,7,9,11-12H2,1-6H3. The highest BCUT2D eigenvalue weighted by Crippen LogP contribution is 2.29. The Labute approximate surface area is 130 Å². The summed E-state index contributed by atoms with van der Waals surface area (Å²) in [6.45, 7) is 10.2. The molecule has 120 valence electrons. The average molecular weight is 293 g/mol. The van der Waals surface area contributed by atoms with Gasteiger partial charge in [-0.2, -0.15) is 0 Å². The zero-order valence-corrected chi connectivity index (χ0v) is 14.5. The fraction of sp³-hybridized carbons (Fsp3) is 0.667. The molecule has 0 aromatic heterocycles. The second-order valence-corrected chi connectivity index (χ2v) is 6.60. The van der Waals surface area contributed by atoms with Gasteiger partial charge in [0.25, 0.3) is 0 Å². The average Bonchev–Trinajstić information content (AvgIpc) is 2.45. The predicted octanol–water partition coefficient (Wildman–Crippen LogP) is 4.05. The molecule has 0 bridgehead atoms. The summed E-state index contributed by atoms with van der Waals surface area (Å²) < 4.78 is 10.7. The van der Waals surface area contributed by atoms with Gasteiger partial charge in [0.2, 0.25) is 0 Å². The molecule has 0 saturated carbocycles. The number of hydrogen-bond acceptors (Lipinski definition) is 3. The Morgan fingerprint density at radius 2 is 1.76 bits per heavy atom. The summed E-state index contributed by atoms with van der Waals surface area (Å²) >= 11 is 0. The Morgan fingerprint density at radius 3 is 2.29 bits per heavy atom. The summed E-state index contributed by atoms with van der Waals surface area (Å²) in [5, 5.41) is 3.67. The van der Waals surface area contributed by atoms with Crippen LogP contribution in [0.3, 0.4) is 0 Å². The van der Waals surface area contributed by atoms with Crippen LogP contribution in [0, 0.1) is 5.41 Å². The quantitative estimate of drug-likeness (QED) is 0.784. The van der Waals surface area contributed by atoms with E-state index in [0.29, 0.717) is 6.04 Å². The maximum Gasteiger partial charge on any atom is 0.160 e. The highest BCUT2D eigenvalue weighted by Gasteiger charge is 2.23. The molecule has 1 N–H and O–H groups in total. The molecule has 0 spiro atoms. The number of aryl methyl sites for hydroxylation is 1. The molecule has 0 radical (unpaired) electrons. The number of nitrogens with one attached hydrogen (secondary N) is 1. The Morgan fingerprint density at radius 1 is 1.10 bits per heavy atom. The van der Waals surface area contributed by atoms with Gasteiger partial charge in [0.15, 0.2) is 11.5 Å². The van der Waals surface area contributed by atoms with Crippen LogP contribution >= 0.6 is 0 Å². The second-order valence-electron chi connectivity index (χ2n) is 6.60. The van der Waals surface area contributed by atoms with Gasteiger partial charge >= 0.3 is 0 Å². The Kier molecular flexibility index (Phi) is 7.03. The van der Waals surface area contributed by atoms with E-state index in [1.54, 1.807) is 14.2 Å². The molecule has 21 heavy (non-hydrogen) atoms. The molecule has 0 saturated heterocycles. The van der Waals surface area contributed by atoms with E-state index < -0.39 is 0 Å². The first-order chi connectivity index (χ1) is 9.92. The molecule has 1 rings (SSSR count). The van der Waals surface area contributed by atoms with Crippen LogP contribution in [0.25, 0.3) is 0 Å². The topological polar surface area (TPSA) is 30.5 Å². The maximum absolute atomic E-state index is 5.38. The van der Waals surface area contributed by atoms with Crippen LogP contribution in [-0.2, 0) is 6.42 Å². The van der Waals surface area contributed by atoms with Gasteiger partial charge in [-0.05, 0) is 48.9 Å². The highest BCUT2D eigenvalue weighted by atomic mass is 16.5. The third-order valence-corrected chi connectivity index (χ3v) is 3.86. The molecular weight excluding hydrogens is 262 g/mol. The minimum Gasteiger partial charge on any atom is -0.493 e. The summed E-state index contributed by atoms with van der Waals surface area (Å²) in [5.74, 6) is 1.60. The van der Waals surface area contributed by atoms with Crippen molar-refractivity contribution < 1.29 is 9.47 Å². The SMILES string of the molecule is CCCNC(CCc1ccc(OC)c(OC)c1)C(C)(C)C. The van der Waals surface area contributed by atoms with Crippen molar-refractivity contribution in [3.05, 3.63) is 23.8 Å². The lowest BCUT2D eigenvalue weighted by atomic mass is 9.83. The Balaban J connectivity index is 2.71. The summed E-state index contributed by atoms with van der Waals surface area (Å²) in [6, 6.07) is 6.71. The molecular formula is C18H31NO2. The third-order valence-electron chi connectivity index (χ3n) is 3.86. The van der Waals surface area contributed by atoms with Crippen LogP contribution in [0.4, 0.5) is 0 Å². The van der Waals surface area contributed by atoms with Crippen molar-refractivity contribution >= 4 is 0 Å². The lowest BCUT2D eigenvalue weighted by molar-refractivity contribution is 0.255. The van der Waals surface area contributed by atoms with Crippen molar-refractivity contribution in [2.45, 2.75) is 53.0 Å². The van der Waals surface area contributed by atoms with Crippen molar-refractivity contribution in [2.75, 3.05) is 20.8 Å². The van der Waals surface area contributed by atoms with Crippen LogP contribution < -0.4 is 14.8 Å². The first kappa shape index (κ1) is 17.8. The predicted molar refractivity (Wildman–Crippen MR) is 89.4 cm³/mol. The van der Waals surface area contributed by atoms with Crippen LogP contribution in [0.15, 0.2) is 18.2 Å². The van der Waals surface area contributed by atoms with E-state index in [2.05, 4.69) is 45.1 Å². The highest BCUT2D eigenvalue weighted by molar-refractivity contribution is 5.42. The monoisotopic (exact) mass is 293 g/mol. The van der Waals surface area contributed by atoms with Crippen LogP contribution in [0.5, 0.6) is 11.5 Å². The molecule has 0 heterocycles. The van der Waals surface area contributed by atoms with Gasteiger partial charge in [0, 0.05) is 6.04 Å². The first-order valence-electron chi connectivity index (χ1n) is 7.86. The molecule has 1 aromatic rings. The van der Waals surface area contributed by atoms with Gasteiger partial charge in [-0.15, -0.1) is 0 Å². The molecule has 3 nitrogen and oxygen atoms in total. The number of rotatable bonds is 8. The second kappa shape index (κ2) is 8.28. The zero-order valence-electron chi connectivity index (χ0n) is 14.5. The van der Waals surface area contributed by atoms with E-state index >= 15 is 0 Å².